The lowest BCUT2D eigenvalue weighted by Gasteiger charge is -2.16. The van der Waals surface area contributed by atoms with Crippen LogP contribution in [0.25, 0.3) is 0 Å². The minimum Gasteiger partial charge on any atom is -0.496 e. The summed E-state index contributed by atoms with van der Waals surface area (Å²) in [5.74, 6) is -1.33. The molecule has 0 aromatic heterocycles. The SMILES string of the molecule is COc1cc(N)ccc1C(=O)N[C@@H](Cc1ccccc1)C(=O)O. The third kappa shape index (κ3) is 4.23. The molecule has 0 saturated carbocycles. The summed E-state index contributed by atoms with van der Waals surface area (Å²) in [4.78, 5) is 23.8. The maximum atomic E-state index is 12.3. The number of hydrogen-bond acceptors (Lipinski definition) is 4. The van der Waals surface area contributed by atoms with E-state index >= 15 is 0 Å². The number of aliphatic carboxylic acids is 1. The zero-order valence-corrected chi connectivity index (χ0v) is 12.7. The highest BCUT2D eigenvalue weighted by atomic mass is 16.5. The molecule has 0 heterocycles. The van der Waals surface area contributed by atoms with Gasteiger partial charge in [-0.15, -0.1) is 0 Å². The van der Waals surface area contributed by atoms with E-state index in [1.54, 1.807) is 6.07 Å². The molecule has 4 N–H and O–H groups in total. The zero-order chi connectivity index (χ0) is 16.8. The van der Waals surface area contributed by atoms with Gasteiger partial charge in [0, 0.05) is 18.2 Å². The molecule has 0 aliphatic carbocycles. The lowest BCUT2D eigenvalue weighted by atomic mass is 10.1. The van der Waals surface area contributed by atoms with Crippen LogP contribution >= 0.6 is 0 Å². The fourth-order valence-electron chi connectivity index (χ4n) is 2.18. The molecule has 0 radical (unpaired) electrons. The molecule has 2 rings (SSSR count). The maximum absolute atomic E-state index is 12.3. The lowest BCUT2D eigenvalue weighted by Crippen LogP contribution is -2.42. The molecule has 2 aromatic rings. The fourth-order valence-corrected chi connectivity index (χ4v) is 2.18. The number of methoxy groups -OCH3 is 1. The van der Waals surface area contributed by atoms with Gasteiger partial charge >= 0.3 is 5.97 Å². The van der Waals surface area contributed by atoms with Crippen molar-refractivity contribution in [3.63, 3.8) is 0 Å². The summed E-state index contributed by atoms with van der Waals surface area (Å²) in [7, 11) is 1.42. The Bertz CT molecular complexity index is 701. The number of carboxylic acids is 1. The Morgan fingerprint density at radius 2 is 1.91 bits per heavy atom. The van der Waals surface area contributed by atoms with E-state index < -0.39 is 17.9 Å². The summed E-state index contributed by atoms with van der Waals surface area (Å²) in [6.45, 7) is 0. The molecule has 2 aromatic carbocycles. The monoisotopic (exact) mass is 314 g/mol. The van der Waals surface area contributed by atoms with E-state index in [1.807, 2.05) is 30.3 Å². The Balaban J connectivity index is 2.17. The summed E-state index contributed by atoms with van der Waals surface area (Å²) in [6.07, 6.45) is 0.194. The van der Waals surface area contributed by atoms with Crippen LogP contribution < -0.4 is 15.8 Å². The quantitative estimate of drug-likeness (QED) is 0.704. The van der Waals surface area contributed by atoms with Gasteiger partial charge in [-0.1, -0.05) is 30.3 Å². The van der Waals surface area contributed by atoms with Gasteiger partial charge in [0.1, 0.15) is 11.8 Å². The Kier molecular flexibility index (Phi) is 5.19. The predicted octanol–water partition coefficient (Wildman–Crippen LogP) is 1.70. The number of hydrogen-bond donors (Lipinski definition) is 3. The van der Waals surface area contributed by atoms with Gasteiger partial charge in [-0.25, -0.2) is 4.79 Å². The molecule has 23 heavy (non-hydrogen) atoms. The Hall–Kier alpha value is -3.02. The van der Waals surface area contributed by atoms with E-state index in [0.717, 1.165) is 5.56 Å². The average molecular weight is 314 g/mol. The molecule has 0 fully saturated rings. The van der Waals surface area contributed by atoms with Crippen molar-refractivity contribution >= 4 is 17.6 Å². The number of nitrogen functional groups attached to an aromatic ring is 1. The predicted molar refractivity (Wildman–Crippen MR) is 86.4 cm³/mol. The van der Waals surface area contributed by atoms with E-state index in [-0.39, 0.29) is 12.0 Å². The summed E-state index contributed by atoms with van der Waals surface area (Å²) < 4.78 is 5.12. The molecule has 0 bridgehead atoms. The molecule has 0 unspecified atom stereocenters. The normalized spacial score (nSPS) is 11.5. The van der Waals surface area contributed by atoms with Crippen molar-refractivity contribution < 1.29 is 19.4 Å². The smallest absolute Gasteiger partial charge is 0.326 e. The lowest BCUT2D eigenvalue weighted by molar-refractivity contribution is -0.139. The number of anilines is 1. The van der Waals surface area contributed by atoms with E-state index in [1.165, 1.54) is 19.2 Å². The molecule has 6 nitrogen and oxygen atoms in total. The van der Waals surface area contributed by atoms with Crippen molar-refractivity contribution in [3.05, 3.63) is 59.7 Å². The van der Waals surface area contributed by atoms with Crippen LogP contribution in [-0.4, -0.2) is 30.1 Å². The van der Waals surface area contributed by atoms with Crippen molar-refractivity contribution in [1.29, 1.82) is 0 Å². The third-order valence-corrected chi connectivity index (χ3v) is 3.36. The number of amides is 1. The molecule has 0 aliphatic heterocycles. The molecule has 0 aliphatic rings. The first-order valence-corrected chi connectivity index (χ1v) is 7.02. The standard InChI is InChI=1S/C17H18N2O4/c1-23-15-10-12(18)7-8-13(15)16(20)19-14(17(21)22)9-11-5-3-2-4-6-11/h2-8,10,14H,9,18H2,1H3,(H,19,20)(H,21,22)/t14-/m0/s1. The Morgan fingerprint density at radius 3 is 2.52 bits per heavy atom. The molecule has 0 spiro atoms. The fraction of sp³-hybridized carbons (Fsp3) is 0.176. The largest absolute Gasteiger partial charge is 0.496 e. The first-order valence-electron chi connectivity index (χ1n) is 7.02. The minimum absolute atomic E-state index is 0.194. The van der Waals surface area contributed by atoms with E-state index in [2.05, 4.69) is 5.32 Å². The third-order valence-electron chi connectivity index (χ3n) is 3.36. The van der Waals surface area contributed by atoms with Crippen LogP contribution in [0.2, 0.25) is 0 Å². The highest BCUT2D eigenvalue weighted by Crippen LogP contribution is 2.21. The van der Waals surface area contributed by atoms with Crippen molar-refractivity contribution in [1.82, 2.24) is 5.32 Å². The summed E-state index contributed by atoms with van der Waals surface area (Å²) >= 11 is 0. The average Bonchev–Trinajstić information content (AvgIpc) is 2.54. The summed E-state index contributed by atoms with van der Waals surface area (Å²) in [5.41, 5.74) is 7.17. The van der Waals surface area contributed by atoms with Crippen LogP contribution in [0.15, 0.2) is 48.5 Å². The second-order valence-corrected chi connectivity index (χ2v) is 5.01. The van der Waals surface area contributed by atoms with Crippen molar-refractivity contribution in [3.8, 4) is 5.75 Å². The van der Waals surface area contributed by atoms with Crippen LogP contribution in [0.1, 0.15) is 15.9 Å². The number of carboxylic acid groups (broad SMARTS) is 1. The molecular formula is C17H18N2O4. The molecule has 6 heteroatoms. The first kappa shape index (κ1) is 16.4. The van der Waals surface area contributed by atoms with E-state index in [0.29, 0.717) is 11.4 Å². The van der Waals surface area contributed by atoms with Crippen molar-refractivity contribution in [2.45, 2.75) is 12.5 Å². The highest BCUT2D eigenvalue weighted by Gasteiger charge is 2.22. The number of carbonyl (C=O) groups excluding carboxylic acids is 1. The molecular weight excluding hydrogens is 296 g/mol. The van der Waals surface area contributed by atoms with Crippen molar-refractivity contribution in [2.75, 3.05) is 12.8 Å². The van der Waals surface area contributed by atoms with Gasteiger partial charge in [-0.05, 0) is 17.7 Å². The van der Waals surface area contributed by atoms with Gasteiger partial charge < -0.3 is 20.9 Å². The van der Waals surface area contributed by atoms with Crippen LogP contribution in [-0.2, 0) is 11.2 Å². The van der Waals surface area contributed by atoms with E-state index in [9.17, 15) is 14.7 Å². The van der Waals surface area contributed by atoms with Crippen LogP contribution in [0.5, 0.6) is 5.75 Å². The Labute approximate surface area is 133 Å². The van der Waals surface area contributed by atoms with Crippen molar-refractivity contribution in [2.24, 2.45) is 0 Å². The minimum atomic E-state index is -1.10. The molecule has 1 amide bonds. The van der Waals surface area contributed by atoms with Gasteiger partial charge in [0.15, 0.2) is 0 Å². The number of carbonyl (C=O) groups is 2. The van der Waals surface area contributed by atoms with Gasteiger partial charge in [0.05, 0.1) is 12.7 Å². The zero-order valence-electron chi connectivity index (χ0n) is 12.7. The number of benzene rings is 2. The van der Waals surface area contributed by atoms with Crippen LogP contribution in [0.4, 0.5) is 5.69 Å². The highest BCUT2D eigenvalue weighted by molar-refractivity contribution is 5.99. The topological polar surface area (TPSA) is 102 Å². The Morgan fingerprint density at radius 1 is 1.22 bits per heavy atom. The van der Waals surface area contributed by atoms with Gasteiger partial charge in [0.25, 0.3) is 5.91 Å². The second-order valence-electron chi connectivity index (χ2n) is 5.01. The van der Waals surface area contributed by atoms with Gasteiger partial charge in [-0.3, -0.25) is 4.79 Å². The second kappa shape index (κ2) is 7.31. The number of ether oxygens (including phenoxy) is 1. The number of nitrogens with two attached hydrogens (primary N) is 1. The summed E-state index contributed by atoms with van der Waals surface area (Å²) in [5, 5.41) is 11.9. The number of nitrogens with one attached hydrogen (secondary N) is 1. The first-order chi connectivity index (χ1) is 11.0. The summed E-state index contributed by atoms with van der Waals surface area (Å²) in [6, 6.07) is 12.6. The number of rotatable bonds is 6. The van der Waals surface area contributed by atoms with Gasteiger partial charge in [0.2, 0.25) is 0 Å². The molecule has 120 valence electrons. The maximum Gasteiger partial charge on any atom is 0.326 e. The molecule has 1 atom stereocenters. The van der Waals surface area contributed by atoms with Crippen LogP contribution in [0, 0.1) is 0 Å². The van der Waals surface area contributed by atoms with E-state index in [4.69, 9.17) is 10.5 Å². The van der Waals surface area contributed by atoms with Crippen LogP contribution in [0.3, 0.4) is 0 Å². The van der Waals surface area contributed by atoms with Gasteiger partial charge in [-0.2, -0.15) is 0 Å². The molecule has 0 saturated heterocycles.